The Morgan fingerprint density at radius 1 is 1.35 bits per heavy atom. The molecule has 8 heteroatoms. The number of carbonyl (C=O) groups excluding carboxylic acids is 1. The van der Waals surface area contributed by atoms with Crippen LogP contribution in [0.2, 0.25) is 0 Å². The van der Waals surface area contributed by atoms with E-state index in [9.17, 15) is 17.6 Å². The summed E-state index contributed by atoms with van der Waals surface area (Å²) in [6.45, 7) is 5.51. The number of amides is 1. The standard InChI is InChI=1S/C18H27FN2O4S/c1-14(2)25-12-4-10-20-18(22)15-5-3-11-21(13-15)26(23,24)17-8-6-16(19)7-9-17/h6-9,14-15H,3-5,10-13H2,1-2H3,(H,20,22). The lowest BCUT2D eigenvalue weighted by atomic mass is 9.99. The van der Waals surface area contributed by atoms with Crippen molar-refractivity contribution in [3.05, 3.63) is 30.1 Å². The molecule has 1 aromatic rings. The SMILES string of the molecule is CC(C)OCCCNC(=O)C1CCCN(S(=O)(=O)c2ccc(F)cc2)C1. The highest BCUT2D eigenvalue weighted by Gasteiger charge is 2.33. The van der Waals surface area contributed by atoms with Crippen LogP contribution in [-0.2, 0) is 19.6 Å². The highest BCUT2D eigenvalue weighted by molar-refractivity contribution is 7.89. The van der Waals surface area contributed by atoms with Gasteiger partial charge in [-0.2, -0.15) is 4.31 Å². The molecule has 0 spiro atoms. The van der Waals surface area contributed by atoms with Gasteiger partial charge in [0.15, 0.2) is 0 Å². The fourth-order valence-electron chi connectivity index (χ4n) is 2.88. The molecule has 1 aliphatic heterocycles. The number of carbonyl (C=O) groups is 1. The van der Waals surface area contributed by atoms with Gasteiger partial charge in [-0.3, -0.25) is 4.79 Å². The predicted octanol–water partition coefficient (Wildman–Crippen LogP) is 2.16. The Bertz CT molecular complexity index is 692. The molecule has 1 N–H and O–H groups in total. The van der Waals surface area contributed by atoms with Gasteiger partial charge in [-0.15, -0.1) is 0 Å². The summed E-state index contributed by atoms with van der Waals surface area (Å²) < 4.78 is 45.1. The number of hydrogen-bond acceptors (Lipinski definition) is 4. The van der Waals surface area contributed by atoms with E-state index in [-0.39, 0.29) is 29.4 Å². The first-order chi connectivity index (χ1) is 12.3. The average Bonchev–Trinajstić information content (AvgIpc) is 2.61. The molecule has 1 aromatic carbocycles. The molecule has 1 fully saturated rings. The van der Waals surface area contributed by atoms with Crippen LogP contribution in [0.15, 0.2) is 29.2 Å². The van der Waals surface area contributed by atoms with Crippen molar-refractivity contribution in [2.75, 3.05) is 26.2 Å². The molecule has 146 valence electrons. The molecule has 1 heterocycles. The molecule has 0 radical (unpaired) electrons. The van der Waals surface area contributed by atoms with E-state index in [1.807, 2.05) is 13.8 Å². The lowest BCUT2D eigenvalue weighted by Gasteiger charge is -2.31. The summed E-state index contributed by atoms with van der Waals surface area (Å²) in [5.74, 6) is -0.986. The largest absolute Gasteiger partial charge is 0.379 e. The van der Waals surface area contributed by atoms with Gasteiger partial charge in [-0.1, -0.05) is 0 Å². The predicted molar refractivity (Wildman–Crippen MR) is 96.6 cm³/mol. The van der Waals surface area contributed by atoms with Crippen molar-refractivity contribution in [1.29, 1.82) is 0 Å². The molecule has 1 amide bonds. The zero-order chi connectivity index (χ0) is 19.2. The average molecular weight is 386 g/mol. The van der Waals surface area contributed by atoms with Crippen LogP contribution in [0, 0.1) is 11.7 Å². The molecule has 0 saturated carbocycles. The van der Waals surface area contributed by atoms with E-state index in [4.69, 9.17) is 4.74 Å². The molecule has 1 saturated heterocycles. The van der Waals surface area contributed by atoms with Gasteiger partial charge in [-0.05, 0) is 57.4 Å². The fourth-order valence-corrected chi connectivity index (χ4v) is 4.40. The van der Waals surface area contributed by atoms with Crippen molar-refractivity contribution in [1.82, 2.24) is 9.62 Å². The molecule has 0 aliphatic carbocycles. The maximum Gasteiger partial charge on any atom is 0.243 e. The van der Waals surface area contributed by atoms with Crippen LogP contribution in [0.25, 0.3) is 0 Å². The van der Waals surface area contributed by atoms with Gasteiger partial charge < -0.3 is 10.1 Å². The molecule has 0 aromatic heterocycles. The summed E-state index contributed by atoms with van der Waals surface area (Å²) in [5, 5.41) is 2.86. The molecule has 1 atom stereocenters. The first-order valence-electron chi connectivity index (χ1n) is 8.95. The van der Waals surface area contributed by atoms with Crippen molar-refractivity contribution in [3.63, 3.8) is 0 Å². The highest BCUT2D eigenvalue weighted by Crippen LogP contribution is 2.24. The third kappa shape index (κ3) is 5.75. The molecule has 2 rings (SSSR count). The van der Waals surface area contributed by atoms with E-state index < -0.39 is 15.8 Å². The van der Waals surface area contributed by atoms with E-state index in [2.05, 4.69) is 5.32 Å². The van der Waals surface area contributed by atoms with Crippen molar-refractivity contribution < 1.29 is 22.3 Å². The van der Waals surface area contributed by atoms with E-state index in [1.165, 1.54) is 16.4 Å². The van der Waals surface area contributed by atoms with Crippen molar-refractivity contribution in [2.24, 2.45) is 5.92 Å². The number of nitrogens with zero attached hydrogens (tertiary/aromatic N) is 1. The lowest BCUT2D eigenvalue weighted by Crippen LogP contribution is -2.45. The second kappa shape index (κ2) is 9.43. The number of piperidine rings is 1. The molecule has 1 unspecified atom stereocenters. The molecule has 26 heavy (non-hydrogen) atoms. The van der Waals surface area contributed by atoms with Gasteiger partial charge in [0.1, 0.15) is 5.82 Å². The van der Waals surface area contributed by atoms with Crippen molar-refractivity contribution >= 4 is 15.9 Å². The Kier molecular flexibility index (Phi) is 7.55. The number of ether oxygens (including phenoxy) is 1. The Morgan fingerprint density at radius 2 is 2.04 bits per heavy atom. The zero-order valence-corrected chi connectivity index (χ0v) is 16.1. The number of halogens is 1. The Hall–Kier alpha value is -1.51. The van der Waals surface area contributed by atoms with Gasteiger partial charge in [0.05, 0.1) is 16.9 Å². The minimum Gasteiger partial charge on any atom is -0.379 e. The molecular formula is C18H27FN2O4S. The van der Waals surface area contributed by atoms with Gasteiger partial charge in [0.25, 0.3) is 0 Å². The third-order valence-electron chi connectivity index (χ3n) is 4.28. The number of hydrogen-bond donors (Lipinski definition) is 1. The van der Waals surface area contributed by atoms with Crippen LogP contribution in [0.4, 0.5) is 4.39 Å². The van der Waals surface area contributed by atoms with Crippen molar-refractivity contribution in [3.8, 4) is 0 Å². The molecule has 1 aliphatic rings. The Balaban J connectivity index is 1.89. The van der Waals surface area contributed by atoms with Crippen LogP contribution >= 0.6 is 0 Å². The number of nitrogens with one attached hydrogen (secondary N) is 1. The summed E-state index contributed by atoms with van der Waals surface area (Å²) in [4.78, 5) is 12.4. The molecular weight excluding hydrogens is 359 g/mol. The first kappa shape index (κ1) is 20.8. The van der Waals surface area contributed by atoms with E-state index in [1.54, 1.807) is 0 Å². The van der Waals surface area contributed by atoms with Crippen LogP contribution in [0.1, 0.15) is 33.1 Å². The maximum atomic E-state index is 13.0. The Morgan fingerprint density at radius 3 is 2.69 bits per heavy atom. The summed E-state index contributed by atoms with van der Waals surface area (Å²) in [6, 6.07) is 4.76. The minimum atomic E-state index is -3.72. The third-order valence-corrected chi connectivity index (χ3v) is 6.16. The number of benzene rings is 1. The quantitative estimate of drug-likeness (QED) is 0.695. The maximum absolute atomic E-state index is 13.0. The number of sulfonamides is 1. The zero-order valence-electron chi connectivity index (χ0n) is 15.3. The van der Waals surface area contributed by atoms with Gasteiger partial charge in [-0.25, -0.2) is 12.8 Å². The summed E-state index contributed by atoms with van der Waals surface area (Å²) in [5.41, 5.74) is 0. The monoisotopic (exact) mass is 386 g/mol. The minimum absolute atomic E-state index is 0.0470. The van der Waals surface area contributed by atoms with E-state index in [0.29, 0.717) is 39.0 Å². The molecule has 0 bridgehead atoms. The van der Waals surface area contributed by atoms with Crippen LogP contribution in [0.3, 0.4) is 0 Å². The van der Waals surface area contributed by atoms with Gasteiger partial charge >= 0.3 is 0 Å². The normalized spacial score (nSPS) is 18.8. The van der Waals surface area contributed by atoms with Crippen molar-refractivity contribution in [2.45, 2.75) is 44.1 Å². The van der Waals surface area contributed by atoms with Gasteiger partial charge in [0, 0.05) is 26.2 Å². The first-order valence-corrected chi connectivity index (χ1v) is 10.4. The second-order valence-corrected chi connectivity index (χ2v) is 8.66. The van der Waals surface area contributed by atoms with Gasteiger partial charge in [0.2, 0.25) is 15.9 Å². The topological polar surface area (TPSA) is 75.7 Å². The van der Waals surface area contributed by atoms with Crippen LogP contribution in [0.5, 0.6) is 0 Å². The molecule has 6 nitrogen and oxygen atoms in total. The highest BCUT2D eigenvalue weighted by atomic mass is 32.2. The Labute approximate surface area is 154 Å². The van der Waals surface area contributed by atoms with Crippen LogP contribution < -0.4 is 5.32 Å². The lowest BCUT2D eigenvalue weighted by molar-refractivity contribution is -0.126. The number of rotatable bonds is 8. The fraction of sp³-hybridized carbons (Fsp3) is 0.611. The van der Waals surface area contributed by atoms with E-state index >= 15 is 0 Å². The van der Waals surface area contributed by atoms with E-state index in [0.717, 1.165) is 12.1 Å². The van der Waals surface area contributed by atoms with Crippen LogP contribution in [-0.4, -0.2) is 51.0 Å². The summed E-state index contributed by atoms with van der Waals surface area (Å²) in [6.07, 6.45) is 2.15. The summed E-state index contributed by atoms with van der Waals surface area (Å²) >= 11 is 0. The summed E-state index contributed by atoms with van der Waals surface area (Å²) in [7, 11) is -3.72. The second-order valence-electron chi connectivity index (χ2n) is 6.72. The smallest absolute Gasteiger partial charge is 0.243 e.